The van der Waals surface area contributed by atoms with Gasteiger partial charge in [-0.1, -0.05) is 0 Å². The molecule has 0 bridgehead atoms. The first-order chi connectivity index (χ1) is 9.00. The molecule has 3 heteroatoms. The molecule has 2 rings (SSSR count). The van der Waals surface area contributed by atoms with Gasteiger partial charge in [-0.3, -0.25) is 0 Å². The molecule has 0 atom stereocenters. The second-order valence-corrected chi connectivity index (χ2v) is 6.27. The monoisotopic (exact) mass is 368 g/mol. The fraction of sp³-hybridized carbons (Fsp3) is 0.444. The summed E-state index contributed by atoms with van der Waals surface area (Å²) >= 11 is 0. The maximum atomic E-state index is 8.52. The van der Waals surface area contributed by atoms with Gasteiger partial charge in [0, 0.05) is 0 Å². The van der Waals surface area contributed by atoms with Crippen LogP contribution in [0.2, 0.25) is 0 Å². The van der Waals surface area contributed by atoms with Gasteiger partial charge in [-0.05, 0) is 41.5 Å². The van der Waals surface area contributed by atoms with E-state index in [0.29, 0.717) is 0 Å². The maximum Gasteiger partial charge on any atom is 2.00 e. The van der Waals surface area contributed by atoms with Gasteiger partial charge in [0.15, 0.2) is 0 Å². The molecule has 0 radical (unpaired) electrons. The van der Waals surface area contributed by atoms with Crippen LogP contribution in [0.25, 0.3) is 0 Å². The van der Waals surface area contributed by atoms with Crippen molar-refractivity contribution in [3.05, 3.63) is 60.7 Å². The van der Waals surface area contributed by atoms with Crippen LogP contribution in [-0.2, 0) is 26.2 Å². The summed E-state index contributed by atoms with van der Waals surface area (Å²) < 4.78 is 0. The van der Waals surface area contributed by atoms with E-state index in [9.17, 15) is 0 Å². The van der Waals surface area contributed by atoms with E-state index in [0.717, 1.165) is 0 Å². The van der Waals surface area contributed by atoms with Crippen LogP contribution < -0.4 is 0 Å². The molecule has 0 heterocycles. The second kappa shape index (κ2) is 14.4. The fourth-order valence-electron chi connectivity index (χ4n) is 0.642. The van der Waals surface area contributed by atoms with Gasteiger partial charge in [-0.25, -0.2) is 24.3 Å². The predicted molar refractivity (Wildman–Crippen MR) is 88.0 cm³/mol. The summed E-state index contributed by atoms with van der Waals surface area (Å²) in [6, 6.07) is 20.0. The number of hydrogen-bond donors (Lipinski definition) is 2. The van der Waals surface area contributed by atoms with Crippen molar-refractivity contribution in [2.24, 2.45) is 0 Å². The normalized spacial score (nSPS) is 9.52. The molecule has 0 saturated heterocycles. The predicted octanol–water partition coefficient (Wildman–Crippen LogP) is 4.36. The van der Waals surface area contributed by atoms with Crippen LogP contribution in [0.15, 0.2) is 60.7 Å². The quantitative estimate of drug-likeness (QED) is 0.677. The van der Waals surface area contributed by atoms with Crippen molar-refractivity contribution in [2.45, 2.75) is 52.7 Å². The van der Waals surface area contributed by atoms with Crippen molar-refractivity contribution in [1.82, 2.24) is 0 Å². The van der Waals surface area contributed by atoms with Gasteiger partial charge in [0.2, 0.25) is 0 Å². The molecule has 0 aromatic heterocycles. The molecule has 2 nitrogen and oxygen atoms in total. The van der Waals surface area contributed by atoms with Crippen LogP contribution in [0.1, 0.15) is 41.5 Å². The van der Waals surface area contributed by atoms with E-state index in [-0.39, 0.29) is 26.2 Å². The average Bonchev–Trinajstić information content (AvgIpc) is 2.92. The van der Waals surface area contributed by atoms with E-state index >= 15 is 0 Å². The van der Waals surface area contributed by atoms with Crippen LogP contribution in [0.5, 0.6) is 0 Å². The molecule has 0 unspecified atom stereocenters. The zero-order chi connectivity index (χ0) is 16.1. The SMILES string of the molecule is CC(C)(C)O.CC(C)(C)O.[Zr+2].c1cc[cH-]c1.c1cc[cH-]c1. The Morgan fingerprint density at radius 2 is 0.714 bits per heavy atom. The summed E-state index contributed by atoms with van der Waals surface area (Å²) in [7, 11) is 0. The van der Waals surface area contributed by atoms with Crippen molar-refractivity contribution in [2.75, 3.05) is 0 Å². The first-order valence-corrected chi connectivity index (χ1v) is 6.78. The number of rotatable bonds is 0. The molecule has 0 fully saturated rings. The second-order valence-electron chi connectivity index (χ2n) is 6.27. The fourth-order valence-corrected chi connectivity index (χ4v) is 0.642. The molecule has 0 spiro atoms. The molecule has 0 aliphatic heterocycles. The van der Waals surface area contributed by atoms with Crippen LogP contribution >= 0.6 is 0 Å². The molecular weight excluding hydrogens is 339 g/mol. The van der Waals surface area contributed by atoms with Gasteiger partial charge in [-0.2, -0.15) is 36.4 Å². The van der Waals surface area contributed by atoms with Crippen molar-refractivity contribution >= 4 is 0 Å². The van der Waals surface area contributed by atoms with E-state index in [1.54, 1.807) is 41.5 Å². The first-order valence-electron chi connectivity index (χ1n) is 6.78. The van der Waals surface area contributed by atoms with Crippen molar-refractivity contribution in [3.8, 4) is 0 Å². The molecule has 2 aromatic carbocycles. The Bertz CT molecular complexity index is 266. The zero-order valence-corrected chi connectivity index (χ0v) is 16.6. The van der Waals surface area contributed by atoms with Gasteiger partial charge in [0.05, 0.1) is 11.2 Å². The number of hydrogen-bond acceptors (Lipinski definition) is 2. The Hall–Kier alpha value is -0.497. The van der Waals surface area contributed by atoms with Crippen molar-refractivity contribution in [1.29, 1.82) is 0 Å². The van der Waals surface area contributed by atoms with E-state index in [1.165, 1.54) is 0 Å². The summed E-state index contributed by atoms with van der Waals surface area (Å²) in [5.41, 5.74) is -1.00. The van der Waals surface area contributed by atoms with Gasteiger partial charge in [0.1, 0.15) is 0 Å². The van der Waals surface area contributed by atoms with E-state index < -0.39 is 11.2 Å². The summed E-state index contributed by atoms with van der Waals surface area (Å²) in [6.07, 6.45) is 0. The molecule has 0 amide bonds. The standard InChI is InChI=1S/2C5H5.2C4H10O.Zr/c2*1-2-4-5-3-1;2*1-4(2,3)5;/h2*1-5H;2*5H,1-3H3;/q2*-1;;;+2. The Balaban J connectivity index is -0.000000202. The van der Waals surface area contributed by atoms with Crippen LogP contribution in [0, 0.1) is 0 Å². The summed E-state index contributed by atoms with van der Waals surface area (Å²) in [5, 5.41) is 17.0. The Morgan fingerprint density at radius 1 is 0.571 bits per heavy atom. The average molecular weight is 370 g/mol. The topological polar surface area (TPSA) is 40.5 Å². The van der Waals surface area contributed by atoms with Crippen LogP contribution in [0.3, 0.4) is 0 Å². The summed E-state index contributed by atoms with van der Waals surface area (Å²) in [5.74, 6) is 0. The van der Waals surface area contributed by atoms with E-state index in [4.69, 9.17) is 10.2 Å². The third kappa shape index (κ3) is 66.2. The van der Waals surface area contributed by atoms with Crippen LogP contribution in [0.4, 0.5) is 0 Å². The molecule has 2 aromatic rings. The molecule has 0 aliphatic carbocycles. The van der Waals surface area contributed by atoms with Crippen molar-refractivity contribution < 1.29 is 36.4 Å². The Labute approximate surface area is 149 Å². The minimum atomic E-state index is -0.500. The van der Waals surface area contributed by atoms with Crippen LogP contribution in [-0.4, -0.2) is 21.4 Å². The minimum absolute atomic E-state index is 0. The number of aliphatic hydroxyl groups is 2. The molecule has 21 heavy (non-hydrogen) atoms. The maximum absolute atomic E-state index is 8.52. The smallest absolute Gasteiger partial charge is 0.391 e. The largest absolute Gasteiger partial charge is 2.00 e. The molecule has 118 valence electrons. The van der Waals surface area contributed by atoms with E-state index in [2.05, 4.69) is 0 Å². The van der Waals surface area contributed by atoms with Gasteiger partial charge in [-0.15, -0.1) is 0 Å². The minimum Gasteiger partial charge on any atom is -0.391 e. The van der Waals surface area contributed by atoms with Gasteiger partial charge in [0.25, 0.3) is 0 Å². The molecule has 2 N–H and O–H groups in total. The first kappa shape index (κ1) is 25.5. The van der Waals surface area contributed by atoms with Gasteiger partial charge < -0.3 is 10.2 Å². The molecule has 0 saturated carbocycles. The summed E-state index contributed by atoms with van der Waals surface area (Å²) in [4.78, 5) is 0. The third-order valence-electron chi connectivity index (χ3n) is 1.11. The Morgan fingerprint density at radius 3 is 0.762 bits per heavy atom. The van der Waals surface area contributed by atoms with Gasteiger partial charge >= 0.3 is 26.2 Å². The Kier molecular flexibility index (Phi) is 17.5. The zero-order valence-electron chi connectivity index (χ0n) is 14.2. The molecule has 0 aliphatic rings. The van der Waals surface area contributed by atoms with Crippen molar-refractivity contribution in [3.63, 3.8) is 0 Å². The molecular formula is C18H30O2Zr. The summed E-state index contributed by atoms with van der Waals surface area (Å²) in [6.45, 7) is 10.5. The van der Waals surface area contributed by atoms with E-state index in [1.807, 2.05) is 60.7 Å². The third-order valence-corrected chi connectivity index (χ3v) is 1.11.